The highest BCUT2D eigenvalue weighted by Crippen LogP contribution is 1.99. The summed E-state index contributed by atoms with van der Waals surface area (Å²) >= 11 is 0. The third-order valence-corrected chi connectivity index (χ3v) is 1.51. The number of hydrogen-bond donors (Lipinski definition) is 1. The van der Waals surface area contributed by atoms with E-state index in [2.05, 4.69) is 18.0 Å². The van der Waals surface area contributed by atoms with Crippen LogP contribution in [0.1, 0.15) is 25.5 Å². The van der Waals surface area contributed by atoms with Gasteiger partial charge >= 0.3 is 0 Å². The maximum atomic E-state index is 9.19. The Morgan fingerprint density at radius 1 is 1.40 bits per heavy atom. The van der Waals surface area contributed by atoms with E-state index in [4.69, 9.17) is 4.55 Å². The zero-order valence-electron chi connectivity index (χ0n) is 9.05. The molecule has 0 aliphatic heterocycles. The average Bonchev–Trinajstić information content (AvgIpc) is 2.14. The highest BCUT2D eigenvalue weighted by atomic mass is 32.2. The molecule has 0 spiro atoms. The first kappa shape index (κ1) is 14.1. The zero-order valence-corrected chi connectivity index (χ0v) is 9.87. The first-order chi connectivity index (χ1) is 6.93. The Balaban J connectivity index is 0.000000336. The minimum atomic E-state index is -3.67. The molecule has 4 nitrogen and oxygen atoms in total. The van der Waals surface area contributed by atoms with E-state index < -0.39 is 10.1 Å². The van der Waals surface area contributed by atoms with Crippen molar-refractivity contribution in [2.24, 2.45) is 0 Å². The average molecular weight is 231 g/mol. The summed E-state index contributed by atoms with van der Waals surface area (Å²) in [6.45, 7) is 2.20. The molecule has 0 saturated carbocycles. The maximum Gasteiger partial charge on any atom is 0.261 e. The van der Waals surface area contributed by atoms with Crippen molar-refractivity contribution < 1.29 is 13.0 Å². The summed E-state index contributed by atoms with van der Waals surface area (Å²) in [6.07, 6.45) is 6.18. The van der Waals surface area contributed by atoms with E-state index in [1.165, 1.54) is 18.5 Å². The molecule has 15 heavy (non-hydrogen) atoms. The van der Waals surface area contributed by atoms with Crippen molar-refractivity contribution in [1.82, 2.24) is 4.98 Å². The second-order valence-corrected chi connectivity index (χ2v) is 4.62. The number of rotatable bonds is 3. The van der Waals surface area contributed by atoms with Crippen LogP contribution >= 0.6 is 0 Å². The molecule has 1 aromatic heterocycles. The lowest BCUT2D eigenvalue weighted by Gasteiger charge is -1.95. The van der Waals surface area contributed by atoms with Gasteiger partial charge < -0.3 is 0 Å². The predicted molar refractivity (Wildman–Crippen MR) is 60.3 cm³/mol. The van der Waals surface area contributed by atoms with E-state index in [1.54, 1.807) is 0 Å². The monoisotopic (exact) mass is 231 g/mol. The number of pyridine rings is 1. The molecule has 0 atom stereocenters. The molecule has 1 rings (SSSR count). The van der Waals surface area contributed by atoms with E-state index in [-0.39, 0.29) is 0 Å². The molecule has 0 aromatic carbocycles. The van der Waals surface area contributed by atoms with Crippen LogP contribution < -0.4 is 0 Å². The van der Waals surface area contributed by atoms with E-state index in [0.717, 1.165) is 6.42 Å². The van der Waals surface area contributed by atoms with Gasteiger partial charge in [0.25, 0.3) is 10.1 Å². The van der Waals surface area contributed by atoms with Gasteiger partial charge in [-0.05, 0) is 25.0 Å². The molecule has 0 aliphatic carbocycles. The summed E-state index contributed by atoms with van der Waals surface area (Å²) in [5, 5.41) is 0. The summed E-state index contributed by atoms with van der Waals surface area (Å²) in [7, 11) is -3.67. The van der Waals surface area contributed by atoms with Crippen LogP contribution in [0.5, 0.6) is 0 Å². The molecule has 0 fully saturated rings. The van der Waals surface area contributed by atoms with Gasteiger partial charge in [-0.3, -0.25) is 9.54 Å². The van der Waals surface area contributed by atoms with Gasteiger partial charge in [-0.15, -0.1) is 0 Å². The Hall–Kier alpha value is -0.940. The van der Waals surface area contributed by atoms with Gasteiger partial charge in [-0.1, -0.05) is 19.4 Å². The predicted octanol–water partition coefficient (Wildman–Crippen LogP) is 1.93. The summed E-state index contributed by atoms with van der Waals surface area (Å²) < 4.78 is 25.9. The quantitative estimate of drug-likeness (QED) is 0.807. The number of unbranched alkanes of at least 4 members (excludes halogenated alkanes) is 1. The van der Waals surface area contributed by atoms with Crippen LogP contribution in [0.4, 0.5) is 0 Å². The summed E-state index contributed by atoms with van der Waals surface area (Å²) in [6, 6.07) is 6.07. The van der Waals surface area contributed by atoms with Crippen LogP contribution in [0, 0.1) is 0 Å². The van der Waals surface area contributed by atoms with Crippen molar-refractivity contribution in [1.29, 1.82) is 0 Å². The lowest BCUT2D eigenvalue weighted by Crippen LogP contribution is -1.88. The highest BCUT2D eigenvalue weighted by molar-refractivity contribution is 7.85. The van der Waals surface area contributed by atoms with E-state index in [0.29, 0.717) is 6.26 Å². The van der Waals surface area contributed by atoms with Crippen LogP contribution in [0.25, 0.3) is 0 Å². The van der Waals surface area contributed by atoms with E-state index in [9.17, 15) is 8.42 Å². The summed E-state index contributed by atoms with van der Waals surface area (Å²) in [5.74, 6) is 0. The summed E-state index contributed by atoms with van der Waals surface area (Å²) in [4.78, 5) is 4.22. The second-order valence-electron chi connectivity index (χ2n) is 3.16. The molecule has 0 unspecified atom stereocenters. The smallest absolute Gasteiger partial charge is 0.261 e. The van der Waals surface area contributed by atoms with Crippen LogP contribution in [-0.2, 0) is 16.5 Å². The Morgan fingerprint density at radius 2 is 2.00 bits per heavy atom. The third-order valence-electron chi connectivity index (χ3n) is 1.51. The minimum absolute atomic E-state index is 0.715. The molecule has 1 N–H and O–H groups in total. The van der Waals surface area contributed by atoms with Crippen molar-refractivity contribution in [2.75, 3.05) is 6.26 Å². The third kappa shape index (κ3) is 13.1. The molecule has 86 valence electrons. The molecule has 0 bridgehead atoms. The van der Waals surface area contributed by atoms with Gasteiger partial charge in [0.15, 0.2) is 0 Å². The number of nitrogens with zero attached hydrogens (tertiary/aromatic N) is 1. The first-order valence-electron chi connectivity index (χ1n) is 4.76. The van der Waals surface area contributed by atoms with Crippen molar-refractivity contribution in [3.05, 3.63) is 30.1 Å². The van der Waals surface area contributed by atoms with Gasteiger partial charge in [-0.25, -0.2) is 0 Å². The minimum Gasteiger partial charge on any atom is -0.286 e. The molecule has 5 heteroatoms. The highest BCUT2D eigenvalue weighted by Gasteiger charge is 1.89. The largest absolute Gasteiger partial charge is 0.286 e. The number of aryl methyl sites for hydroxylation is 1. The standard InChI is InChI=1S/C9H13N.CH4O3S/c1-2-3-6-9-7-4-5-8-10-9;1-5(2,3)4/h4-5,7-8H,2-3,6H2,1H3;1H3,(H,2,3,4). The zero-order chi connectivity index (χ0) is 11.7. The molecule has 0 aliphatic rings. The number of aromatic nitrogens is 1. The van der Waals surface area contributed by atoms with Gasteiger partial charge in [0.05, 0.1) is 6.26 Å². The topological polar surface area (TPSA) is 67.3 Å². The Morgan fingerprint density at radius 3 is 2.40 bits per heavy atom. The van der Waals surface area contributed by atoms with Gasteiger partial charge in [-0.2, -0.15) is 8.42 Å². The van der Waals surface area contributed by atoms with Crippen LogP contribution in [0.15, 0.2) is 24.4 Å². The Labute approximate surface area is 91.1 Å². The van der Waals surface area contributed by atoms with Crippen LogP contribution in [0.2, 0.25) is 0 Å². The lowest BCUT2D eigenvalue weighted by molar-refractivity contribution is 0.490. The van der Waals surface area contributed by atoms with Gasteiger partial charge in [0.1, 0.15) is 0 Å². The fourth-order valence-electron chi connectivity index (χ4n) is 0.904. The van der Waals surface area contributed by atoms with Crippen molar-refractivity contribution in [3.8, 4) is 0 Å². The Kier molecular flexibility index (Phi) is 6.90. The van der Waals surface area contributed by atoms with E-state index in [1.807, 2.05) is 18.3 Å². The Bertz CT molecular complexity index is 340. The molecule has 1 aromatic rings. The lowest BCUT2D eigenvalue weighted by atomic mass is 10.2. The molecule has 1 heterocycles. The fourth-order valence-corrected chi connectivity index (χ4v) is 0.904. The van der Waals surface area contributed by atoms with Crippen LogP contribution in [-0.4, -0.2) is 24.2 Å². The summed E-state index contributed by atoms with van der Waals surface area (Å²) in [5.41, 5.74) is 1.21. The second kappa shape index (κ2) is 7.36. The maximum absolute atomic E-state index is 9.19. The first-order valence-corrected chi connectivity index (χ1v) is 6.60. The van der Waals surface area contributed by atoms with Crippen molar-refractivity contribution in [2.45, 2.75) is 26.2 Å². The number of hydrogen-bond acceptors (Lipinski definition) is 3. The van der Waals surface area contributed by atoms with Gasteiger partial charge in [0, 0.05) is 11.9 Å². The normalized spacial score (nSPS) is 10.3. The van der Waals surface area contributed by atoms with Crippen molar-refractivity contribution in [3.63, 3.8) is 0 Å². The van der Waals surface area contributed by atoms with E-state index >= 15 is 0 Å². The van der Waals surface area contributed by atoms with Crippen LogP contribution in [0.3, 0.4) is 0 Å². The molecular weight excluding hydrogens is 214 g/mol. The SMILES string of the molecule is CCCCc1ccccn1.CS(=O)(=O)O. The molecular formula is C10H17NO3S. The molecule has 0 radical (unpaired) electrons. The van der Waals surface area contributed by atoms with Crippen molar-refractivity contribution >= 4 is 10.1 Å². The fraction of sp³-hybridized carbons (Fsp3) is 0.500. The molecule has 0 saturated heterocycles. The van der Waals surface area contributed by atoms with Gasteiger partial charge in [0.2, 0.25) is 0 Å². The molecule has 0 amide bonds.